The minimum absolute atomic E-state index is 0.234. The Hall–Kier alpha value is -3.06. The molecular formula is C19H19N3O3S. The number of ether oxygens (including phenoxy) is 1. The van der Waals surface area contributed by atoms with E-state index in [2.05, 4.69) is 15.0 Å². The molecule has 2 aromatic carbocycles. The number of benzene rings is 2. The molecule has 0 unspecified atom stereocenters. The summed E-state index contributed by atoms with van der Waals surface area (Å²) in [6.45, 7) is 1.75. The first-order valence-electron chi connectivity index (χ1n) is 7.94. The smallest absolute Gasteiger partial charge is 0.263 e. The molecule has 0 saturated carbocycles. The van der Waals surface area contributed by atoms with Crippen LogP contribution in [0.2, 0.25) is 0 Å². The molecule has 2 N–H and O–H groups in total. The second-order valence-corrected chi connectivity index (χ2v) is 7.28. The number of aryl methyl sites for hydroxylation is 1. The van der Waals surface area contributed by atoms with Gasteiger partial charge < -0.3 is 10.1 Å². The van der Waals surface area contributed by atoms with Crippen molar-refractivity contribution >= 4 is 27.2 Å². The predicted octanol–water partition coefficient (Wildman–Crippen LogP) is 3.94. The molecule has 134 valence electrons. The Kier molecular flexibility index (Phi) is 5.09. The average Bonchev–Trinajstić information content (AvgIpc) is 2.64. The molecule has 1 heterocycles. The number of anilines is 3. The molecule has 3 aromatic rings. The standard InChI is InChI=1S/C19H19N3O3S/c1-14-7-3-6-10-18(14)26(23,24)22-19-12-11-15(13-20-19)21-16-8-4-5-9-17(16)25-2/h3-13,21H,1-2H3,(H,20,22). The number of rotatable bonds is 6. The molecule has 1 aromatic heterocycles. The molecule has 26 heavy (non-hydrogen) atoms. The molecule has 6 nitrogen and oxygen atoms in total. The van der Waals surface area contributed by atoms with E-state index in [4.69, 9.17) is 4.74 Å². The van der Waals surface area contributed by atoms with Crippen molar-refractivity contribution in [2.24, 2.45) is 0 Å². The molecule has 0 saturated heterocycles. The third-order valence-electron chi connectivity index (χ3n) is 3.77. The van der Waals surface area contributed by atoms with Gasteiger partial charge in [0.1, 0.15) is 11.6 Å². The van der Waals surface area contributed by atoms with Gasteiger partial charge >= 0.3 is 0 Å². The molecule has 0 aliphatic carbocycles. The van der Waals surface area contributed by atoms with Gasteiger partial charge in [0, 0.05) is 0 Å². The van der Waals surface area contributed by atoms with Crippen LogP contribution in [-0.2, 0) is 10.0 Å². The van der Waals surface area contributed by atoms with E-state index in [9.17, 15) is 8.42 Å². The number of aromatic nitrogens is 1. The summed E-state index contributed by atoms with van der Waals surface area (Å²) in [5.41, 5.74) is 2.19. The maximum absolute atomic E-state index is 12.5. The summed E-state index contributed by atoms with van der Waals surface area (Å²) in [7, 11) is -2.08. The second-order valence-electron chi connectivity index (χ2n) is 5.63. The number of pyridine rings is 1. The highest BCUT2D eigenvalue weighted by molar-refractivity contribution is 7.92. The van der Waals surface area contributed by atoms with Crippen LogP contribution in [0.1, 0.15) is 5.56 Å². The molecule has 3 rings (SSSR count). The first kappa shape index (κ1) is 17.8. The van der Waals surface area contributed by atoms with Crippen LogP contribution in [0.4, 0.5) is 17.2 Å². The molecule has 0 spiro atoms. The Balaban J connectivity index is 1.77. The van der Waals surface area contributed by atoms with Gasteiger partial charge in [0.25, 0.3) is 10.0 Å². The van der Waals surface area contributed by atoms with E-state index in [0.717, 1.165) is 5.69 Å². The van der Waals surface area contributed by atoms with E-state index >= 15 is 0 Å². The average molecular weight is 369 g/mol. The topological polar surface area (TPSA) is 80.3 Å². The van der Waals surface area contributed by atoms with Crippen molar-refractivity contribution in [1.29, 1.82) is 0 Å². The highest BCUT2D eigenvalue weighted by Crippen LogP contribution is 2.27. The van der Waals surface area contributed by atoms with Crippen LogP contribution in [0.3, 0.4) is 0 Å². The molecule has 0 radical (unpaired) electrons. The molecular weight excluding hydrogens is 350 g/mol. The second kappa shape index (κ2) is 7.45. The van der Waals surface area contributed by atoms with Crippen molar-refractivity contribution in [3.63, 3.8) is 0 Å². The van der Waals surface area contributed by atoms with Gasteiger partial charge in [-0.1, -0.05) is 30.3 Å². The lowest BCUT2D eigenvalue weighted by molar-refractivity contribution is 0.417. The number of para-hydroxylation sites is 2. The van der Waals surface area contributed by atoms with Crippen LogP contribution in [-0.4, -0.2) is 20.5 Å². The maximum Gasteiger partial charge on any atom is 0.263 e. The summed E-state index contributed by atoms with van der Waals surface area (Å²) < 4.78 is 32.8. The SMILES string of the molecule is COc1ccccc1Nc1ccc(NS(=O)(=O)c2ccccc2C)nc1. The fourth-order valence-corrected chi connectivity index (χ4v) is 3.74. The van der Waals surface area contributed by atoms with Crippen LogP contribution in [0.5, 0.6) is 5.75 Å². The fourth-order valence-electron chi connectivity index (χ4n) is 2.48. The lowest BCUT2D eigenvalue weighted by atomic mass is 10.2. The largest absolute Gasteiger partial charge is 0.495 e. The minimum atomic E-state index is -3.68. The number of sulfonamides is 1. The zero-order valence-corrected chi connectivity index (χ0v) is 15.2. The van der Waals surface area contributed by atoms with Gasteiger partial charge in [-0.05, 0) is 42.8 Å². The summed E-state index contributed by atoms with van der Waals surface area (Å²) in [6.07, 6.45) is 1.56. The van der Waals surface area contributed by atoms with Crippen molar-refractivity contribution in [3.05, 3.63) is 72.4 Å². The number of methoxy groups -OCH3 is 1. The molecule has 0 aliphatic rings. The molecule has 0 bridgehead atoms. The van der Waals surface area contributed by atoms with E-state index in [0.29, 0.717) is 17.0 Å². The summed E-state index contributed by atoms with van der Waals surface area (Å²) in [4.78, 5) is 4.41. The van der Waals surface area contributed by atoms with Crippen LogP contribution in [0.25, 0.3) is 0 Å². The lowest BCUT2D eigenvalue weighted by Gasteiger charge is -2.12. The van der Waals surface area contributed by atoms with Gasteiger partial charge in [-0.3, -0.25) is 4.72 Å². The first-order valence-corrected chi connectivity index (χ1v) is 9.42. The highest BCUT2D eigenvalue weighted by Gasteiger charge is 2.16. The monoisotopic (exact) mass is 369 g/mol. The van der Waals surface area contributed by atoms with Crippen LogP contribution in [0.15, 0.2) is 71.8 Å². The fraction of sp³-hybridized carbons (Fsp3) is 0.105. The van der Waals surface area contributed by atoms with Gasteiger partial charge in [-0.2, -0.15) is 0 Å². The van der Waals surface area contributed by atoms with E-state index in [1.807, 2.05) is 24.3 Å². The summed E-state index contributed by atoms with van der Waals surface area (Å²) in [5, 5.41) is 3.19. The molecule has 7 heteroatoms. The quantitative estimate of drug-likeness (QED) is 0.688. The lowest BCUT2D eigenvalue weighted by Crippen LogP contribution is -2.15. The zero-order valence-electron chi connectivity index (χ0n) is 14.4. The highest BCUT2D eigenvalue weighted by atomic mass is 32.2. The van der Waals surface area contributed by atoms with Gasteiger partial charge in [0.2, 0.25) is 0 Å². The van der Waals surface area contributed by atoms with Crippen molar-refractivity contribution in [1.82, 2.24) is 4.98 Å². The summed E-state index contributed by atoms with van der Waals surface area (Å²) in [6, 6.07) is 17.7. The van der Waals surface area contributed by atoms with Crippen LogP contribution >= 0.6 is 0 Å². The van der Waals surface area contributed by atoms with Crippen LogP contribution in [0, 0.1) is 6.92 Å². The minimum Gasteiger partial charge on any atom is -0.495 e. The Morgan fingerprint density at radius 2 is 1.69 bits per heavy atom. The molecule has 0 atom stereocenters. The van der Waals surface area contributed by atoms with E-state index < -0.39 is 10.0 Å². The van der Waals surface area contributed by atoms with Gasteiger partial charge in [0.05, 0.1) is 29.6 Å². The number of nitrogens with zero attached hydrogens (tertiary/aromatic N) is 1. The molecule has 0 amide bonds. The van der Waals surface area contributed by atoms with Crippen molar-refractivity contribution in [2.75, 3.05) is 17.1 Å². The van der Waals surface area contributed by atoms with Crippen molar-refractivity contribution in [2.45, 2.75) is 11.8 Å². The Bertz CT molecular complexity index is 1000. The number of hydrogen-bond donors (Lipinski definition) is 2. The van der Waals surface area contributed by atoms with Crippen LogP contribution < -0.4 is 14.8 Å². The predicted molar refractivity (Wildman–Crippen MR) is 103 cm³/mol. The van der Waals surface area contributed by atoms with Gasteiger partial charge in [-0.15, -0.1) is 0 Å². The maximum atomic E-state index is 12.5. The Morgan fingerprint density at radius 1 is 0.962 bits per heavy atom. The van der Waals surface area contributed by atoms with Gasteiger partial charge in [0.15, 0.2) is 0 Å². The normalized spacial score (nSPS) is 11.0. The van der Waals surface area contributed by atoms with E-state index in [1.165, 1.54) is 0 Å². The number of nitrogens with one attached hydrogen (secondary N) is 2. The Morgan fingerprint density at radius 3 is 2.38 bits per heavy atom. The van der Waals surface area contributed by atoms with E-state index in [-0.39, 0.29) is 10.7 Å². The van der Waals surface area contributed by atoms with Gasteiger partial charge in [-0.25, -0.2) is 13.4 Å². The van der Waals surface area contributed by atoms with Crippen molar-refractivity contribution in [3.8, 4) is 5.75 Å². The van der Waals surface area contributed by atoms with E-state index in [1.54, 1.807) is 56.6 Å². The zero-order chi connectivity index (χ0) is 18.6. The number of hydrogen-bond acceptors (Lipinski definition) is 5. The molecule has 0 fully saturated rings. The van der Waals surface area contributed by atoms with Crippen molar-refractivity contribution < 1.29 is 13.2 Å². The summed E-state index contributed by atoms with van der Waals surface area (Å²) >= 11 is 0. The first-order chi connectivity index (χ1) is 12.5. The molecule has 0 aliphatic heterocycles. The third kappa shape index (κ3) is 3.94. The Labute approximate surface area is 152 Å². The summed E-state index contributed by atoms with van der Waals surface area (Å²) in [5.74, 6) is 0.954. The third-order valence-corrected chi connectivity index (χ3v) is 5.29.